The third kappa shape index (κ3) is 2.65. The molecule has 0 heterocycles. The molecule has 0 fully saturated rings. The number of esters is 1. The summed E-state index contributed by atoms with van der Waals surface area (Å²) in [5.74, 6) is -7.53. The van der Waals surface area contributed by atoms with Gasteiger partial charge in [0, 0.05) is 5.57 Å². The van der Waals surface area contributed by atoms with Crippen molar-refractivity contribution in [1.82, 2.24) is 0 Å². The highest BCUT2D eigenvalue weighted by Gasteiger charge is 2.74. The van der Waals surface area contributed by atoms with E-state index in [-0.39, 0.29) is 0 Å². The molecule has 0 unspecified atom stereocenters. The van der Waals surface area contributed by atoms with E-state index in [0.717, 1.165) is 6.92 Å². The maximum Gasteiger partial charge on any atom is 0.465 e. The van der Waals surface area contributed by atoms with Gasteiger partial charge >= 0.3 is 24.1 Å². The Morgan fingerprint density at radius 2 is 1.44 bits per heavy atom. The Bertz CT molecular complexity index is 288. The first-order valence-corrected chi connectivity index (χ1v) is 3.57. The van der Waals surface area contributed by atoms with Gasteiger partial charge in [-0.25, -0.2) is 4.79 Å². The lowest BCUT2D eigenvalue weighted by Crippen LogP contribution is -2.59. The molecule has 0 spiro atoms. The molecule has 1 N–H and O–H groups in total. The number of alkyl halides is 6. The average molecular weight is 252 g/mol. The Balaban J connectivity index is 5.30. The van der Waals surface area contributed by atoms with Crippen LogP contribution >= 0.6 is 0 Å². The van der Waals surface area contributed by atoms with Crippen molar-refractivity contribution in [3.63, 3.8) is 0 Å². The van der Waals surface area contributed by atoms with Crippen molar-refractivity contribution in [2.75, 3.05) is 0 Å². The second-order valence-corrected chi connectivity index (χ2v) is 2.81. The zero-order chi connectivity index (χ0) is 13.4. The molecule has 0 aromatic carbocycles. The van der Waals surface area contributed by atoms with Crippen molar-refractivity contribution in [3.8, 4) is 0 Å². The van der Waals surface area contributed by atoms with Gasteiger partial charge < -0.3 is 9.84 Å². The first kappa shape index (κ1) is 14.8. The molecule has 0 aliphatic carbocycles. The van der Waals surface area contributed by atoms with Crippen LogP contribution in [0.2, 0.25) is 0 Å². The largest absolute Gasteiger partial charge is 0.465 e. The van der Waals surface area contributed by atoms with Crippen LogP contribution in [0.25, 0.3) is 0 Å². The minimum absolute atomic E-state index is 0.716. The van der Waals surface area contributed by atoms with Crippen molar-refractivity contribution < 1.29 is 41.0 Å². The highest BCUT2D eigenvalue weighted by atomic mass is 19.4. The van der Waals surface area contributed by atoms with Crippen molar-refractivity contribution in [2.45, 2.75) is 25.1 Å². The van der Waals surface area contributed by atoms with Gasteiger partial charge in [0.2, 0.25) is 0 Å². The van der Waals surface area contributed by atoms with Crippen molar-refractivity contribution in [2.24, 2.45) is 0 Å². The van der Waals surface area contributed by atoms with Gasteiger partial charge in [0.05, 0.1) is 0 Å². The summed E-state index contributed by atoms with van der Waals surface area (Å²) in [6.45, 7) is 3.61. The fourth-order valence-electron chi connectivity index (χ4n) is 0.498. The van der Waals surface area contributed by atoms with Gasteiger partial charge in [-0.2, -0.15) is 26.3 Å². The van der Waals surface area contributed by atoms with Crippen LogP contribution in [-0.4, -0.2) is 29.2 Å². The van der Waals surface area contributed by atoms with E-state index in [1.807, 2.05) is 0 Å². The van der Waals surface area contributed by atoms with Crippen LogP contribution in [0.3, 0.4) is 0 Å². The van der Waals surface area contributed by atoms with E-state index in [2.05, 4.69) is 11.3 Å². The molecule has 94 valence electrons. The second-order valence-electron chi connectivity index (χ2n) is 2.81. The van der Waals surface area contributed by atoms with Gasteiger partial charge in [-0.15, -0.1) is 0 Å². The third-order valence-electron chi connectivity index (χ3n) is 1.36. The minimum Gasteiger partial charge on any atom is -0.412 e. The Morgan fingerprint density at radius 1 is 1.12 bits per heavy atom. The standard InChI is InChI=1S/C7H6F6O3/c1-3(2)4(14)16-5(15,6(8,9)10)7(11,12)13/h15H,1H2,2H3. The first-order chi connectivity index (χ1) is 6.83. The fourth-order valence-corrected chi connectivity index (χ4v) is 0.498. The lowest BCUT2D eigenvalue weighted by atomic mass is 10.2. The smallest absolute Gasteiger partial charge is 0.412 e. The fraction of sp³-hybridized carbons (Fsp3) is 0.571. The molecule has 0 atom stereocenters. The first-order valence-electron chi connectivity index (χ1n) is 3.57. The Morgan fingerprint density at radius 3 is 1.62 bits per heavy atom. The molecule has 0 aliphatic heterocycles. The van der Waals surface area contributed by atoms with Crippen LogP contribution in [0.4, 0.5) is 26.3 Å². The monoisotopic (exact) mass is 252 g/mol. The normalized spacial score (nSPS) is 13.5. The third-order valence-corrected chi connectivity index (χ3v) is 1.36. The van der Waals surface area contributed by atoms with Gasteiger partial charge in [0.15, 0.2) is 0 Å². The molecule has 16 heavy (non-hydrogen) atoms. The Kier molecular flexibility index (Phi) is 3.65. The van der Waals surface area contributed by atoms with E-state index in [9.17, 15) is 31.1 Å². The number of carbonyl (C=O) groups is 1. The van der Waals surface area contributed by atoms with Gasteiger partial charge in [-0.1, -0.05) is 6.58 Å². The maximum absolute atomic E-state index is 11.9. The summed E-state index contributed by atoms with van der Waals surface area (Å²) in [5.41, 5.74) is -0.716. The molecule has 0 aromatic rings. The maximum atomic E-state index is 11.9. The highest BCUT2D eigenvalue weighted by Crippen LogP contribution is 2.44. The van der Waals surface area contributed by atoms with Gasteiger partial charge in [0.25, 0.3) is 0 Å². The molecule has 0 aromatic heterocycles. The summed E-state index contributed by atoms with van der Waals surface area (Å²) in [5, 5.41) is 8.37. The van der Waals surface area contributed by atoms with Gasteiger partial charge in [-0.3, -0.25) is 0 Å². The Hall–Kier alpha value is -1.25. The number of hydrogen-bond donors (Lipinski definition) is 1. The molecule has 3 nitrogen and oxygen atoms in total. The molecular formula is C7H6F6O3. The Labute approximate surface area is 85.3 Å². The van der Waals surface area contributed by atoms with E-state index in [0.29, 0.717) is 0 Å². The molecular weight excluding hydrogens is 246 g/mol. The van der Waals surface area contributed by atoms with Crippen LogP contribution in [0, 0.1) is 0 Å². The van der Waals surface area contributed by atoms with E-state index in [1.165, 1.54) is 0 Å². The van der Waals surface area contributed by atoms with E-state index in [1.54, 1.807) is 0 Å². The number of hydrogen-bond acceptors (Lipinski definition) is 3. The summed E-state index contributed by atoms with van der Waals surface area (Å²) in [6, 6.07) is 0. The van der Waals surface area contributed by atoms with Crippen LogP contribution in [0.5, 0.6) is 0 Å². The molecule has 0 aliphatic rings. The molecule has 0 radical (unpaired) electrons. The van der Waals surface area contributed by atoms with Crippen molar-refractivity contribution in [3.05, 3.63) is 12.2 Å². The van der Waals surface area contributed by atoms with Gasteiger partial charge in [-0.05, 0) is 6.92 Å². The average Bonchev–Trinajstić information content (AvgIpc) is 1.99. The van der Waals surface area contributed by atoms with Crippen molar-refractivity contribution in [1.29, 1.82) is 0 Å². The SMILES string of the molecule is C=C(C)C(=O)OC(O)(C(F)(F)F)C(F)(F)F. The summed E-state index contributed by atoms with van der Waals surface area (Å²) in [4.78, 5) is 10.6. The zero-order valence-corrected chi connectivity index (χ0v) is 7.74. The zero-order valence-electron chi connectivity index (χ0n) is 7.74. The highest BCUT2D eigenvalue weighted by molar-refractivity contribution is 5.87. The van der Waals surface area contributed by atoms with E-state index < -0.39 is 29.7 Å². The molecule has 0 saturated carbocycles. The summed E-state index contributed by atoms with van der Waals surface area (Å²) in [6.07, 6.45) is -12.4. The number of halogens is 6. The number of carbonyl (C=O) groups excluding carboxylic acids is 1. The summed E-state index contributed by atoms with van der Waals surface area (Å²) < 4.78 is 74.7. The van der Waals surface area contributed by atoms with Crippen LogP contribution in [0.15, 0.2) is 12.2 Å². The topological polar surface area (TPSA) is 46.5 Å². The minimum atomic E-state index is -6.20. The van der Waals surface area contributed by atoms with Crippen LogP contribution in [-0.2, 0) is 9.53 Å². The quantitative estimate of drug-likeness (QED) is 0.353. The number of ether oxygens (including phenoxy) is 1. The van der Waals surface area contributed by atoms with Gasteiger partial charge in [0.1, 0.15) is 0 Å². The van der Waals surface area contributed by atoms with E-state index in [4.69, 9.17) is 5.11 Å². The molecule has 0 amide bonds. The number of rotatable bonds is 2. The second kappa shape index (κ2) is 3.96. The van der Waals surface area contributed by atoms with E-state index >= 15 is 0 Å². The van der Waals surface area contributed by atoms with Crippen LogP contribution < -0.4 is 0 Å². The predicted octanol–water partition coefficient (Wildman–Crippen LogP) is 1.92. The lowest BCUT2D eigenvalue weighted by molar-refractivity contribution is -0.443. The lowest BCUT2D eigenvalue weighted by Gasteiger charge is -2.31. The van der Waals surface area contributed by atoms with Crippen molar-refractivity contribution >= 4 is 5.97 Å². The molecule has 9 heteroatoms. The molecule has 0 saturated heterocycles. The molecule has 0 bridgehead atoms. The predicted molar refractivity (Wildman–Crippen MR) is 38.0 cm³/mol. The summed E-state index contributed by atoms with van der Waals surface area (Å²) in [7, 11) is 0. The number of aliphatic hydroxyl groups is 1. The molecule has 0 rings (SSSR count). The van der Waals surface area contributed by atoms with Crippen LogP contribution in [0.1, 0.15) is 6.92 Å². The summed E-state index contributed by atoms with van der Waals surface area (Å²) >= 11 is 0.